The molecule has 0 aromatic heterocycles. The highest BCUT2D eigenvalue weighted by atomic mass is 79.9. The van der Waals surface area contributed by atoms with Gasteiger partial charge in [-0.25, -0.2) is 0 Å². The van der Waals surface area contributed by atoms with Gasteiger partial charge in [0.2, 0.25) is 0 Å². The van der Waals surface area contributed by atoms with Crippen LogP contribution in [0.1, 0.15) is 38.7 Å². The first-order valence-electron chi connectivity index (χ1n) is 6.44. The summed E-state index contributed by atoms with van der Waals surface area (Å²) in [5.41, 5.74) is 1.15. The summed E-state index contributed by atoms with van der Waals surface area (Å²) >= 11 is 3.52. The average Bonchev–Trinajstić information content (AvgIpc) is 2.43. The second-order valence-corrected chi connectivity index (χ2v) is 5.34. The summed E-state index contributed by atoms with van der Waals surface area (Å²) in [5.74, 6) is 8.64. The third-order valence-corrected chi connectivity index (χ3v) is 3.87. The molecule has 0 aliphatic heterocycles. The molecule has 1 aromatic carbocycles. The van der Waals surface area contributed by atoms with Crippen LogP contribution in [0.25, 0.3) is 0 Å². The van der Waals surface area contributed by atoms with Crippen LogP contribution >= 0.6 is 15.9 Å². The summed E-state index contributed by atoms with van der Waals surface area (Å²) < 4.78 is 11.7. The first-order valence-corrected chi connectivity index (χ1v) is 7.24. The number of halogens is 1. The molecule has 0 N–H and O–H groups in total. The van der Waals surface area contributed by atoms with E-state index in [0.29, 0.717) is 5.92 Å². The van der Waals surface area contributed by atoms with Crippen LogP contribution in [0.15, 0.2) is 16.6 Å². The molecule has 0 saturated carbocycles. The van der Waals surface area contributed by atoms with Gasteiger partial charge < -0.3 is 9.47 Å². The highest BCUT2D eigenvalue weighted by Gasteiger charge is 2.19. The van der Waals surface area contributed by atoms with Gasteiger partial charge in [-0.2, -0.15) is 0 Å². The third-order valence-electron chi connectivity index (χ3n) is 3.25. The molecule has 0 amide bonds. The van der Waals surface area contributed by atoms with E-state index in [2.05, 4.69) is 54.6 Å². The number of rotatable bonds is 4. The maximum absolute atomic E-state index is 5.47. The Labute approximate surface area is 124 Å². The van der Waals surface area contributed by atoms with E-state index < -0.39 is 0 Å². The first-order chi connectivity index (χ1) is 9.04. The molecule has 0 saturated heterocycles. The fourth-order valence-electron chi connectivity index (χ4n) is 1.90. The van der Waals surface area contributed by atoms with Gasteiger partial charge in [0.1, 0.15) is 11.5 Å². The largest absolute Gasteiger partial charge is 0.496 e. The molecule has 2 atom stereocenters. The van der Waals surface area contributed by atoms with Crippen molar-refractivity contribution < 1.29 is 9.47 Å². The summed E-state index contributed by atoms with van der Waals surface area (Å²) in [6.07, 6.45) is 0.889. The van der Waals surface area contributed by atoms with Crippen LogP contribution in [0, 0.1) is 17.8 Å². The Bertz CT molecular complexity index is 486. The van der Waals surface area contributed by atoms with Crippen molar-refractivity contribution >= 4 is 15.9 Å². The maximum atomic E-state index is 5.47. The topological polar surface area (TPSA) is 18.5 Å². The molecule has 0 fully saturated rings. The molecule has 3 heteroatoms. The predicted molar refractivity (Wildman–Crippen MR) is 82.9 cm³/mol. The quantitative estimate of drug-likeness (QED) is 0.752. The molecule has 0 bridgehead atoms. The van der Waals surface area contributed by atoms with Gasteiger partial charge in [-0.1, -0.05) is 26.7 Å². The Morgan fingerprint density at radius 3 is 2.32 bits per heavy atom. The minimum atomic E-state index is 0.286. The Balaban J connectivity index is 3.14. The highest BCUT2D eigenvalue weighted by molar-refractivity contribution is 9.10. The van der Waals surface area contributed by atoms with Gasteiger partial charge in [-0.3, -0.25) is 0 Å². The fourth-order valence-corrected chi connectivity index (χ4v) is 2.42. The highest BCUT2D eigenvalue weighted by Crippen LogP contribution is 2.38. The van der Waals surface area contributed by atoms with Crippen LogP contribution in [-0.2, 0) is 0 Å². The van der Waals surface area contributed by atoms with Crippen molar-refractivity contribution in [2.24, 2.45) is 5.92 Å². The first kappa shape index (κ1) is 15.9. The molecule has 19 heavy (non-hydrogen) atoms. The zero-order valence-electron chi connectivity index (χ0n) is 12.2. The number of methoxy groups -OCH3 is 2. The van der Waals surface area contributed by atoms with Crippen molar-refractivity contribution in [3.8, 4) is 23.3 Å². The Kier molecular flexibility index (Phi) is 6.24. The molecule has 0 aliphatic carbocycles. The van der Waals surface area contributed by atoms with Crippen molar-refractivity contribution in [2.75, 3.05) is 14.2 Å². The fraction of sp³-hybridized carbons (Fsp3) is 0.500. The molecule has 104 valence electrons. The van der Waals surface area contributed by atoms with Crippen molar-refractivity contribution in [3.05, 3.63) is 22.2 Å². The molecular formula is C16H21BrO2. The Hall–Kier alpha value is -1.14. The smallest absolute Gasteiger partial charge is 0.136 e. The number of hydrogen-bond acceptors (Lipinski definition) is 2. The van der Waals surface area contributed by atoms with E-state index in [9.17, 15) is 0 Å². The van der Waals surface area contributed by atoms with Crippen LogP contribution in [0.3, 0.4) is 0 Å². The van der Waals surface area contributed by atoms with Gasteiger partial charge in [-0.05, 0) is 33.5 Å². The van der Waals surface area contributed by atoms with E-state index in [1.165, 1.54) is 0 Å². The molecular weight excluding hydrogens is 304 g/mol. The van der Waals surface area contributed by atoms with E-state index in [4.69, 9.17) is 9.47 Å². The summed E-state index contributed by atoms with van der Waals surface area (Å²) in [4.78, 5) is 0. The minimum absolute atomic E-state index is 0.286. The summed E-state index contributed by atoms with van der Waals surface area (Å²) in [5, 5.41) is 0. The van der Waals surface area contributed by atoms with Crippen LogP contribution in [-0.4, -0.2) is 14.2 Å². The molecule has 0 spiro atoms. The molecule has 0 heterocycles. The zero-order chi connectivity index (χ0) is 14.4. The van der Waals surface area contributed by atoms with Crippen LogP contribution < -0.4 is 9.47 Å². The van der Waals surface area contributed by atoms with E-state index >= 15 is 0 Å². The van der Waals surface area contributed by atoms with Gasteiger partial charge >= 0.3 is 0 Å². The predicted octanol–water partition coefficient (Wildman–Crippen LogP) is 4.62. The summed E-state index contributed by atoms with van der Waals surface area (Å²) in [6, 6.07) is 3.97. The van der Waals surface area contributed by atoms with Crippen molar-refractivity contribution in [1.82, 2.24) is 0 Å². The maximum Gasteiger partial charge on any atom is 0.136 e. The second-order valence-electron chi connectivity index (χ2n) is 4.48. The zero-order valence-corrected chi connectivity index (χ0v) is 13.8. The lowest BCUT2D eigenvalue weighted by Crippen LogP contribution is -2.06. The van der Waals surface area contributed by atoms with Gasteiger partial charge in [0.05, 0.1) is 18.7 Å². The number of ether oxygens (including phenoxy) is 2. The van der Waals surface area contributed by atoms with Crippen LogP contribution in [0.4, 0.5) is 0 Å². The Morgan fingerprint density at radius 1 is 1.16 bits per heavy atom. The van der Waals surface area contributed by atoms with Gasteiger partial charge in [0.15, 0.2) is 0 Å². The van der Waals surface area contributed by atoms with Gasteiger partial charge in [0, 0.05) is 18.4 Å². The number of hydrogen-bond donors (Lipinski definition) is 0. The second kappa shape index (κ2) is 7.45. The molecule has 1 aromatic rings. The van der Waals surface area contributed by atoms with Crippen LogP contribution in [0.2, 0.25) is 0 Å². The van der Waals surface area contributed by atoms with Crippen molar-refractivity contribution in [2.45, 2.75) is 33.1 Å². The lowest BCUT2D eigenvalue weighted by molar-refractivity contribution is 0.385. The third kappa shape index (κ3) is 3.91. The summed E-state index contributed by atoms with van der Waals surface area (Å²) in [7, 11) is 3.33. The lowest BCUT2D eigenvalue weighted by Gasteiger charge is -2.20. The van der Waals surface area contributed by atoms with E-state index in [1.807, 2.05) is 6.07 Å². The van der Waals surface area contributed by atoms with Gasteiger partial charge in [0.25, 0.3) is 0 Å². The average molecular weight is 325 g/mol. The minimum Gasteiger partial charge on any atom is -0.496 e. The van der Waals surface area contributed by atoms with Crippen molar-refractivity contribution in [1.29, 1.82) is 0 Å². The Morgan fingerprint density at radius 2 is 1.79 bits per heavy atom. The molecule has 2 unspecified atom stereocenters. The van der Waals surface area contributed by atoms with Crippen molar-refractivity contribution in [3.63, 3.8) is 0 Å². The van der Waals surface area contributed by atoms with E-state index in [-0.39, 0.29) is 5.92 Å². The standard InChI is InChI=1S/C16H21BrO2/c1-6-7-8-11(2)12(3)13-9-14(17)16(19-5)10-15(13)18-4/h9-12H,6H2,1-5H3. The molecule has 0 radical (unpaired) electrons. The molecule has 0 aliphatic rings. The van der Waals surface area contributed by atoms with E-state index in [0.717, 1.165) is 28.0 Å². The monoisotopic (exact) mass is 324 g/mol. The van der Waals surface area contributed by atoms with Crippen LogP contribution in [0.5, 0.6) is 11.5 Å². The van der Waals surface area contributed by atoms with E-state index in [1.54, 1.807) is 14.2 Å². The summed E-state index contributed by atoms with van der Waals surface area (Å²) in [6.45, 7) is 6.38. The lowest BCUT2D eigenvalue weighted by atomic mass is 9.88. The number of benzene rings is 1. The normalized spacial score (nSPS) is 13.2. The van der Waals surface area contributed by atoms with Gasteiger partial charge in [-0.15, -0.1) is 5.92 Å². The SMILES string of the molecule is CCC#CC(C)C(C)c1cc(Br)c(OC)cc1OC. The molecule has 2 nitrogen and oxygen atoms in total. The molecule has 1 rings (SSSR count).